The fourth-order valence-corrected chi connectivity index (χ4v) is 8.24. The molecule has 9 atom stereocenters. The summed E-state index contributed by atoms with van der Waals surface area (Å²) in [6.45, 7) is 13.1. The normalized spacial score (nSPS) is 19.3. The summed E-state index contributed by atoms with van der Waals surface area (Å²) in [5.41, 5.74) is 7.54. The summed E-state index contributed by atoms with van der Waals surface area (Å²) in [6.07, 6.45) is 2.68. The van der Waals surface area contributed by atoms with E-state index in [4.69, 9.17) is 5.73 Å². The summed E-state index contributed by atoms with van der Waals surface area (Å²) in [7, 11) is 0. The maximum atomic E-state index is 14.4. The number of amides is 7. The van der Waals surface area contributed by atoms with Crippen molar-refractivity contribution >= 4 is 47.3 Å². The van der Waals surface area contributed by atoms with Crippen LogP contribution in [0.25, 0.3) is 0 Å². The molecule has 2 heterocycles. The molecule has 2 aliphatic rings. The van der Waals surface area contributed by atoms with Crippen LogP contribution in [0.4, 0.5) is 0 Å². The maximum absolute atomic E-state index is 14.4. The topological polar surface area (TPSA) is 249 Å². The van der Waals surface area contributed by atoms with Gasteiger partial charge in [-0.25, -0.2) is 4.79 Å². The third-order valence-electron chi connectivity index (χ3n) is 12.4. The van der Waals surface area contributed by atoms with Crippen LogP contribution in [-0.4, -0.2) is 124 Å². The van der Waals surface area contributed by atoms with E-state index in [2.05, 4.69) is 26.6 Å². The average molecular weight is 903 g/mol. The van der Waals surface area contributed by atoms with Gasteiger partial charge < -0.3 is 47.2 Å². The van der Waals surface area contributed by atoms with Gasteiger partial charge in [-0.3, -0.25) is 33.6 Å². The first kappa shape index (κ1) is 51.8. The maximum Gasteiger partial charge on any atom is 0.326 e. The third-order valence-corrected chi connectivity index (χ3v) is 12.4. The lowest BCUT2D eigenvalue weighted by atomic mass is 9.96. The number of carbonyl (C=O) groups excluding carboxylic acids is 7. The Morgan fingerprint density at radius 2 is 1.18 bits per heavy atom. The molecule has 7 amide bonds. The SMILES string of the molecule is CC[C@H](C)[C@H](NC(=O)[C@H](Cc1ccccc1)NC(=O)[C@@H]1CCCN1C(=O)[C@@H]1CCCN1C(=O)[C@H](CC(C)C)NC(=O)[C@@H](N)C(C)C)C(=O)N[C@@H](C)C(=O)N[C@@H](Cc1ccccc1)C(=O)O. The number of aliphatic carboxylic acids is 1. The number of benzene rings is 2. The summed E-state index contributed by atoms with van der Waals surface area (Å²) in [5, 5.41) is 23.5. The Labute approximate surface area is 382 Å². The molecular formula is C48H70N8O9. The van der Waals surface area contributed by atoms with Crippen LogP contribution in [0.2, 0.25) is 0 Å². The van der Waals surface area contributed by atoms with Crippen LogP contribution in [0.3, 0.4) is 0 Å². The molecule has 0 bridgehead atoms. The number of carbonyl (C=O) groups is 8. The molecule has 0 spiro atoms. The van der Waals surface area contributed by atoms with Crippen molar-refractivity contribution in [3.05, 3.63) is 71.8 Å². The minimum absolute atomic E-state index is 0.0303. The van der Waals surface area contributed by atoms with Crippen molar-refractivity contribution in [1.82, 2.24) is 36.4 Å². The number of likely N-dealkylation sites (tertiary alicyclic amines) is 2. The summed E-state index contributed by atoms with van der Waals surface area (Å²) in [4.78, 5) is 112. The Morgan fingerprint density at radius 3 is 1.72 bits per heavy atom. The molecule has 17 heteroatoms. The first-order valence-electron chi connectivity index (χ1n) is 23.0. The highest BCUT2D eigenvalue weighted by Gasteiger charge is 2.44. The van der Waals surface area contributed by atoms with Crippen molar-refractivity contribution in [3.8, 4) is 0 Å². The standard InChI is InChI=1S/C48H70N8O9/c1-8-30(6)40(45(61)50-31(7)41(57)53-36(48(64)65)27-33-19-13-10-14-20-33)54-42(58)34(26-32-17-11-9-12-18-32)51-43(59)37-21-15-23-55(37)47(63)38-22-16-24-56(38)46(62)35(25-28(2)3)52-44(60)39(49)29(4)5/h9-14,17-20,28-31,34-40H,8,15-16,21-27,49H2,1-7H3,(H,50,61)(H,51,59)(H,52,60)(H,53,57)(H,54,58)(H,64,65)/t30-,31-,34-,35-,36-,37-,38-,39-,40-/m0/s1. The first-order chi connectivity index (χ1) is 30.8. The fourth-order valence-electron chi connectivity index (χ4n) is 8.24. The molecule has 2 aromatic carbocycles. The van der Waals surface area contributed by atoms with Gasteiger partial charge in [0.1, 0.15) is 42.3 Å². The minimum atomic E-state index is -1.25. The van der Waals surface area contributed by atoms with Crippen LogP contribution in [0.15, 0.2) is 60.7 Å². The second-order valence-corrected chi connectivity index (χ2v) is 18.3. The van der Waals surface area contributed by atoms with Gasteiger partial charge >= 0.3 is 5.97 Å². The van der Waals surface area contributed by atoms with Crippen molar-refractivity contribution in [3.63, 3.8) is 0 Å². The summed E-state index contributed by atoms with van der Waals surface area (Å²) >= 11 is 0. The van der Waals surface area contributed by atoms with Crippen molar-refractivity contribution in [2.45, 2.75) is 148 Å². The molecule has 0 aliphatic carbocycles. The predicted octanol–water partition coefficient (Wildman–Crippen LogP) is 2.06. The second-order valence-electron chi connectivity index (χ2n) is 18.3. The highest BCUT2D eigenvalue weighted by Crippen LogP contribution is 2.27. The number of nitrogens with zero attached hydrogens (tertiary/aromatic N) is 2. The Balaban J connectivity index is 1.49. The Bertz CT molecular complexity index is 1970. The third kappa shape index (κ3) is 14.6. The van der Waals surface area contributed by atoms with Crippen LogP contribution < -0.4 is 32.3 Å². The van der Waals surface area contributed by atoms with Crippen LogP contribution in [0.1, 0.15) is 98.1 Å². The van der Waals surface area contributed by atoms with Gasteiger partial charge in [-0.15, -0.1) is 0 Å². The van der Waals surface area contributed by atoms with E-state index in [1.807, 2.05) is 40.7 Å². The molecule has 2 aromatic rings. The lowest BCUT2D eigenvalue weighted by molar-refractivity contribution is -0.148. The molecule has 0 unspecified atom stereocenters. The number of hydrogen-bond donors (Lipinski definition) is 7. The summed E-state index contributed by atoms with van der Waals surface area (Å²) in [6, 6.07) is 9.61. The number of carboxylic acids is 1. The first-order valence-corrected chi connectivity index (χ1v) is 23.0. The van der Waals surface area contributed by atoms with E-state index in [-0.39, 0.29) is 43.0 Å². The van der Waals surface area contributed by atoms with Crippen molar-refractivity contribution in [1.29, 1.82) is 0 Å². The van der Waals surface area contributed by atoms with E-state index < -0.39 is 89.8 Å². The van der Waals surface area contributed by atoms with E-state index >= 15 is 0 Å². The monoisotopic (exact) mass is 903 g/mol. The summed E-state index contributed by atoms with van der Waals surface area (Å²) < 4.78 is 0. The van der Waals surface area contributed by atoms with Gasteiger partial charge in [0, 0.05) is 25.9 Å². The molecule has 2 fully saturated rings. The fraction of sp³-hybridized carbons (Fsp3) is 0.583. The Kier molecular flexibility index (Phi) is 19.5. The molecule has 0 saturated carbocycles. The molecule has 2 saturated heterocycles. The second kappa shape index (κ2) is 24.4. The molecule has 2 aliphatic heterocycles. The molecule has 0 radical (unpaired) electrons. The van der Waals surface area contributed by atoms with E-state index in [1.165, 1.54) is 16.7 Å². The van der Waals surface area contributed by atoms with Gasteiger partial charge in [0.25, 0.3) is 0 Å². The molecule has 4 rings (SSSR count). The van der Waals surface area contributed by atoms with Gasteiger partial charge in [-0.1, -0.05) is 109 Å². The highest BCUT2D eigenvalue weighted by molar-refractivity contribution is 5.98. The Hall–Kier alpha value is -5.84. The molecule has 356 valence electrons. The number of carboxylic acid groups (broad SMARTS) is 1. The zero-order valence-electron chi connectivity index (χ0n) is 38.9. The van der Waals surface area contributed by atoms with Gasteiger partial charge in [0.2, 0.25) is 41.4 Å². The number of nitrogens with one attached hydrogen (secondary N) is 5. The van der Waals surface area contributed by atoms with Crippen molar-refractivity contribution in [2.24, 2.45) is 23.5 Å². The Morgan fingerprint density at radius 1 is 0.646 bits per heavy atom. The van der Waals surface area contributed by atoms with E-state index in [0.717, 1.165) is 5.56 Å². The number of rotatable bonds is 22. The van der Waals surface area contributed by atoms with Crippen molar-refractivity contribution in [2.75, 3.05) is 13.1 Å². The van der Waals surface area contributed by atoms with Gasteiger partial charge in [-0.2, -0.15) is 0 Å². The lowest BCUT2D eigenvalue weighted by Crippen LogP contribution is -2.60. The number of hydrogen-bond acceptors (Lipinski definition) is 9. The molecule has 65 heavy (non-hydrogen) atoms. The van der Waals surface area contributed by atoms with Crippen LogP contribution >= 0.6 is 0 Å². The zero-order valence-corrected chi connectivity index (χ0v) is 38.9. The minimum Gasteiger partial charge on any atom is -0.480 e. The van der Waals surface area contributed by atoms with Crippen LogP contribution in [-0.2, 0) is 51.2 Å². The average Bonchev–Trinajstić information content (AvgIpc) is 3.98. The molecular weight excluding hydrogens is 833 g/mol. The van der Waals surface area contributed by atoms with E-state index in [1.54, 1.807) is 61.5 Å². The van der Waals surface area contributed by atoms with Crippen LogP contribution in [0, 0.1) is 17.8 Å². The smallest absolute Gasteiger partial charge is 0.326 e. The van der Waals surface area contributed by atoms with Gasteiger partial charge in [0.05, 0.1) is 6.04 Å². The van der Waals surface area contributed by atoms with E-state index in [0.29, 0.717) is 50.6 Å². The van der Waals surface area contributed by atoms with Crippen molar-refractivity contribution < 1.29 is 43.5 Å². The van der Waals surface area contributed by atoms with E-state index in [9.17, 15) is 43.5 Å². The largest absolute Gasteiger partial charge is 0.480 e. The predicted molar refractivity (Wildman–Crippen MR) is 244 cm³/mol. The van der Waals surface area contributed by atoms with Crippen LogP contribution in [0.5, 0.6) is 0 Å². The lowest BCUT2D eigenvalue weighted by Gasteiger charge is -2.34. The number of nitrogens with two attached hydrogens (primary N) is 1. The molecule has 17 nitrogen and oxygen atoms in total. The summed E-state index contributed by atoms with van der Waals surface area (Å²) in [5.74, 6) is -5.57. The highest BCUT2D eigenvalue weighted by atomic mass is 16.4. The quantitative estimate of drug-likeness (QED) is 0.0907. The molecule has 8 N–H and O–H groups in total. The van der Waals surface area contributed by atoms with Gasteiger partial charge in [-0.05, 0) is 67.9 Å². The zero-order chi connectivity index (χ0) is 48.0. The molecule has 0 aromatic heterocycles. The van der Waals surface area contributed by atoms with Gasteiger partial charge in [0.15, 0.2) is 0 Å².